The molecule has 0 aliphatic carbocycles. The molecule has 0 radical (unpaired) electrons. The molecule has 0 spiro atoms. The van der Waals surface area contributed by atoms with Crippen molar-refractivity contribution < 1.29 is 9.18 Å². The summed E-state index contributed by atoms with van der Waals surface area (Å²) in [6, 6.07) is 4.42. The highest BCUT2D eigenvalue weighted by molar-refractivity contribution is 5.93. The Labute approximate surface area is 128 Å². The number of aryl methyl sites for hydroxylation is 1. The van der Waals surface area contributed by atoms with Crippen LogP contribution in [0.3, 0.4) is 0 Å². The van der Waals surface area contributed by atoms with E-state index in [-0.39, 0.29) is 30.0 Å². The van der Waals surface area contributed by atoms with Crippen LogP contribution in [-0.2, 0) is 11.8 Å². The van der Waals surface area contributed by atoms with Crippen LogP contribution in [0.5, 0.6) is 0 Å². The summed E-state index contributed by atoms with van der Waals surface area (Å²) in [7, 11) is 1.81. The molecule has 2 heterocycles. The van der Waals surface area contributed by atoms with E-state index in [1.54, 1.807) is 10.6 Å². The van der Waals surface area contributed by atoms with Gasteiger partial charge in [-0.2, -0.15) is 0 Å². The van der Waals surface area contributed by atoms with Gasteiger partial charge < -0.3 is 9.88 Å². The summed E-state index contributed by atoms with van der Waals surface area (Å²) >= 11 is 0. The Morgan fingerprint density at radius 1 is 1.52 bits per heavy atom. The van der Waals surface area contributed by atoms with E-state index >= 15 is 0 Å². The Hall–Kier alpha value is -1.66. The number of amides is 1. The molecule has 5 nitrogen and oxygen atoms in total. The number of halogens is 2. The topological polar surface area (TPSA) is 59.0 Å². The lowest BCUT2D eigenvalue weighted by molar-refractivity contribution is -0.120. The number of fused-ring (bicyclic) bond motifs is 1. The second-order valence-electron chi connectivity index (χ2n) is 5.16. The molecule has 2 aromatic rings. The zero-order chi connectivity index (χ0) is 14.1. The van der Waals surface area contributed by atoms with Crippen molar-refractivity contribution >= 4 is 35.3 Å². The van der Waals surface area contributed by atoms with Gasteiger partial charge in [0.15, 0.2) is 0 Å². The van der Waals surface area contributed by atoms with E-state index < -0.39 is 0 Å². The highest BCUT2D eigenvalue weighted by Gasteiger charge is 2.22. The van der Waals surface area contributed by atoms with Crippen LogP contribution in [0.25, 0.3) is 11.0 Å². The number of piperidine rings is 1. The predicted molar refractivity (Wildman–Crippen MR) is 82.1 cm³/mol. The monoisotopic (exact) mass is 312 g/mol. The molecular weight excluding hydrogens is 295 g/mol. The van der Waals surface area contributed by atoms with Gasteiger partial charge in [0.2, 0.25) is 11.9 Å². The van der Waals surface area contributed by atoms with Crippen molar-refractivity contribution in [1.82, 2.24) is 14.9 Å². The molecule has 1 saturated heterocycles. The number of hydrogen-bond donors (Lipinski definition) is 2. The third kappa shape index (κ3) is 3.16. The van der Waals surface area contributed by atoms with E-state index in [9.17, 15) is 9.18 Å². The van der Waals surface area contributed by atoms with Gasteiger partial charge in [0.1, 0.15) is 5.82 Å². The van der Waals surface area contributed by atoms with Crippen molar-refractivity contribution in [1.29, 1.82) is 0 Å². The summed E-state index contributed by atoms with van der Waals surface area (Å²) in [5.74, 6) is 0.0718. The Morgan fingerprint density at radius 2 is 2.33 bits per heavy atom. The minimum Gasteiger partial charge on any atom is -0.316 e. The maximum Gasteiger partial charge on any atom is 0.231 e. The first-order valence-electron chi connectivity index (χ1n) is 6.79. The molecule has 0 saturated carbocycles. The highest BCUT2D eigenvalue weighted by Crippen LogP contribution is 2.20. The molecule has 0 bridgehead atoms. The number of carbonyl (C=O) groups excluding carboxylic acids is 1. The van der Waals surface area contributed by atoms with Crippen molar-refractivity contribution in [3.05, 3.63) is 24.0 Å². The number of anilines is 1. The fourth-order valence-corrected chi connectivity index (χ4v) is 2.57. The van der Waals surface area contributed by atoms with Crippen molar-refractivity contribution in [2.45, 2.75) is 12.8 Å². The Bertz CT molecular complexity index is 652. The van der Waals surface area contributed by atoms with Crippen LogP contribution in [0.4, 0.5) is 10.3 Å². The summed E-state index contributed by atoms with van der Waals surface area (Å²) < 4.78 is 15.0. The fraction of sp³-hybridized carbons (Fsp3) is 0.429. The van der Waals surface area contributed by atoms with Gasteiger partial charge in [-0.25, -0.2) is 9.37 Å². The molecule has 1 aromatic carbocycles. The minimum atomic E-state index is -0.329. The predicted octanol–water partition coefficient (Wildman–Crippen LogP) is 2.07. The summed E-state index contributed by atoms with van der Waals surface area (Å²) in [5.41, 5.74) is 1.34. The normalized spacial score (nSPS) is 18.3. The quantitative estimate of drug-likeness (QED) is 0.892. The van der Waals surface area contributed by atoms with Crippen LogP contribution >= 0.6 is 12.4 Å². The number of imidazole rings is 1. The van der Waals surface area contributed by atoms with Crippen LogP contribution in [0, 0.1) is 11.7 Å². The van der Waals surface area contributed by atoms with Crippen LogP contribution in [0.15, 0.2) is 18.2 Å². The molecule has 1 aliphatic rings. The average Bonchev–Trinajstić information content (AvgIpc) is 2.75. The lowest BCUT2D eigenvalue weighted by Gasteiger charge is -2.21. The lowest BCUT2D eigenvalue weighted by Crippen LogP contribution is -2.37. The molecule has 1 amide bonds. The Kier molecular flexibility index (Phi) is 4.80. The largest absolute Gasteiger partial charge is 0.316 e. The molecule has 2 N–H and O–H groups in total. The number of carbonyl (C=O) groups is 1. The first-order chi connectivity index (χ1) is 9.65. The first-order valence-corrected chi connectivity index (χ1v) is 6.79. The molecule has 7 heteroatoms. The summed E-state index contributed by atoms with van der Waals surface area (Å²) in [5, 5.41) is 6.05. The van der Waals surface area contributed by atoms with Crippen LogP contribution in [0.2, 0.25) is 0 Å². The smallest absolute Gasteiger partial charge is 0.231 e. The van der Waals surface area contributed by atoms with Gasteiger partial charge in [0.25, 0.3) is 0 Å². The zero-order valence-electron chi connectivity index (χ0n) is 11.7. The summed E-state index contributed by atoms with van der Waals surface area (Å²) in [6.07, 6.45) is 1.89. The molecule has 1 unspecified atom stereocenters. The standard InChI is InChI=1S/C14H17FN4O.ClH/c1-19-12-5-4-10(15)7-11(12)17-14(19)18-13(20)9-3-2-6-16-8-9;/h4-5,7,9,16H,2-3,6,8H2,1H3,(H,17,18,20);1H. The zero-order valence-corrected chi connectivity index (χ0v) is 12.5. The fourth-order valence-electron chi connectivity index (χ4n) is 2.57. The van der Waals surface area contributed by atoms with Gasteiger partial charge >= 0.3 is 0 Å². The number of benzene rings is 1. The number of nitrogens with zero attached hydrogens (tertiary/aromatic N) is 2. The van der Waals surface area contributed by atoms with Crippen LogP contribution < -0.4 is 10.6 Å². The SMILES string of the molecule is Cl.Cn1c(NC(=O)C2CCCNC2)nc2cc(F)ccc21. The van der Waals surface area contributed by atoms with Crippen LogP contribution in [-0.4, -0.2) is 28.5 Å². The van der Waals surface area contributed by atoms with Gasteiger partial charge in [0.05, 0.1) is 17.0 Å². The van der Waals surface area contributed by atoms with Gasteiger partial charge in [-0.3, -0.25) is 10.1 Å². The van der Waals surface area contributed by atoms with E-state index in [0.717, 1.165) is 24.9 Å². The lowest BCUT2D eigenvalue weighted by atomic mass is 9.99. The molecular formula is C14H18ClFN4O. The van der Waals surface area contributed by atoms with Crippen molar-refractivity contribution in [3.63, 3.8) is 0 Å². The van der Waals surface area contributed by atoms with Crippen molar-refractivity contribution in [2.24, 2.45) is 13.0 Å². The first kappa shape index (κ1) is 15.7. The average molecular weight is 313 g/mol. The van der Waals surface area contributed by atoms with Crippen LogP contribution in [0.1, 0.15) is 12.8 Å². The van der Waals surface area contributed by atoms with Crippen molar-refractivity contribution in [3.8, 4) is 0 Å². The van der Waals surface area contributed by atoms with Gasteiger partial charge in [-0.05, 0) is 31.5 Å². The molecule has 3 rings (SSSR count). The Morgan fingerprint density at radius 3 is 3.05 bits per heavy atom. The minimum absolute atomic E-state index is 0. The Balaban J connectivity index is 0.00000161. The molecule has 1 fully saturated rings. The molecule has 1 aromatic heterocycles. The number of rotatable bonds is 2. The second kappa shape index (κ2) is 6.41. The van der Waals surface area contributed by atoms with Crippen molar-refractivity contribution in [2.75, 3.05) is 18.4 Å². The molecule has 1 aliphatic heterocycles. The van der Waals surface area contributed by atoms with Gasteiger partial charge in [-0.1, -0.05) is 0 Å². The molecule has 1 atom stereocenters. The second-order valence-corrected chi connectivity index (χ2v) is 5.16. The number of nitrogens with one attached hydrogen (secondary N) is 2. The third-order valence-electron chi connectivity index (χ3n) is 3.75. The maximum atomic E-state index is 13.2. The van der Waals surface area contributed by atoms with E-state index in [4.69, 9.17) is 0 Å². The number of aromatic nitrogens is 2. The van der Waals surface area contributed by atoms with Gasteiger partial charge in [-0.15, -0.1) is 12.4 Å². The highest BCUT2D eigenvalue weighted by atomic mass is 35.5. The van der Waals surface area contributed by atoms with E-state index in [0.29, 0.717) is 18.0 Å². The van der Waals surface area contributed by atoms with E-state index in [1.807, 2.05) is 7.05 Å². The summed E-state index contributed by atoms with van der Waals surface area (Å²) in [4.78, 5) is 16.5. The molecule has 114 valence electrons. The van der Waals surface area contributed by atoms with E-state index in [1.165, 1.54) is 12.1 Å². The third-order valence-corrected chi connectivity index (χ3v) is 3.75. The summed E-state index contributed by atoms with van der Waals surface area (Å²) in [6.45, 7) is 1.67. The van der Waals surface area contributed by atoms with E-state index in [2.05, 4.69) is 15.6 Å². The molecule has 21 heavy (non-hydrogen) atoms. The van der Waals surface area contributed by atoms with Gasteiger partial charge in [0, 0.05) is 19.7 Å². The number of hydrogen-bond acceptors (Lipinski definition) is 3. The maximum absolute atomic E-state index is 13.2.